The predicted molar refractivity (Wildman–Crippen MR) is 258 cm³/mol. The number of carboxylic acid groups (broad SMARTS) is 1. The summed E-state index contributed by atoms with van der Waals surface area (Å²) in [4.78, 5) is 146. The van der Waals surface area contributed by atoms with Gasteiger partial charge < -0.3 is 68.5 Å². The van der Waals surface area contributed by atoms with Crippen molar-refractivity contribution in [3.8, 4) is 0 Å². The molecule has 1 aromatic carbocycles. The molecular formula is C47H73N11O13. The number of carbonyl (C=O) groups excluding carboxylic acids is 9. The van der Waals surface area contributed by atoms with Gasteiger partial charge in [0.1, 0.15) is 54.6 Å². The second-order valence-corrected chi connectivity index (χ2v) is 18.4. The number of nitrogens with one attached hydrogen (secondary N) is 5. The van der Waals surface area contributed by atoms with Gasteiger partial charge in [0.15, 0.2) is 11.7 Å². The molecular weight excluding hydrogens is 927 g/mol. The number of aliphatic carboxylic acids is 1. The molecule has 0 radical (unpaired) electrons. The molecule has 71 heavy (non-hydrogen) atoms. The number of cyclic esters (lactones) is 1. The Morgan fingerprint density at radius 1 is 0.915 bits per heavy atom. The predicted octanol–water partition coefficient (Wildman–Crippen LogP) is -0.842. The number of amides is 7. The van der Waals surface area contributed by atoms with Crippen molar-refractivity contribution in [3.05, 3.63) is 29.8 Å². The van der Waals surface area contributed by atoms with E-state index in [4.69, 9.17) is 21.9 Å². The van der Waals surface area contributed by atoms with Crippen molar-refractivity contribution in [2.45, 2.75) is 167 Å². The molecule has 0 aliphatic carbocycles. The number of aliphatic hydroxyl groups excluding tert-OH is 1. The van der Waals surface area contributed by atoms with Gasteiger partial charge in [-0.3, -0.25) is 48.1 Å². The molecule has 3 rings (SSSR count). The number of Topliss-reactive ketones (excluding diaryl/α,β-unsaturated/α-hetero) is 1. The smallest absolute Gasteiger partial charge is 0.329 e. The van der Waals surface area contributed by atoms with Crippen LogP contribution in [-0.4, -0.2) is 153 Å². The van der Waals surface area contributed by atoms with Gasteiger partial charge in [0, 0.05) is 37.7 Å². The zero-order chi connectivity index (χ0) is 53.3. The van der Waals surface area contributed by atoms with E-state index >= 15 is 0 Å². The number of anilines is 1. The summed E-state index contributed by atoms with van der Waals surface area (Å²) in [5, 5.41) is 33.7. The Hall–Kier alpha value is -6.85. The zero-order valence-corrected chi connectivity index (χ0v) is 41.6. The highest BCUT2D eigenvalue weighted by atomic mass is 16.5. The lowest BCUT2D eigenvalue weighted by molar-refractivity contribution is -0.168. The normalized spacial score (nSPS) is 24.7. The maximum atomic E-state index is 14.9. The zero-order valence-electron chi connectivity index (χ0n) is 41.6. The summed E-state index contributed by atoms with van der Waals surface area (Å²) in [7, 11) is 1.24. The summed E-state index contributed by atoms with van der Waals surface area (Å²) in [5.41, 5.74) is 17.3. The van der Waals surface area contributed by atoms with Crippen LogP contribution in [0, 0.1) is 11.8 Å². The molecule has 2 aliphatic heterocycles. The number of aliphatic imine (C=N–C) groups is 1. The van der Waals surface area contributed by atoms with E-state index in [-0.39, 0.29) is 62.3 Å². The number of para-hydroxylation sites is 1. The van der Waals surface area contributed by atoms with Crippen LogP contribution in [0.15, 0.2) is 29.3 Å². The van der Waals surface area contributed by atoms with E-state index < -0.39 is 138 Å². The summed E-state index contributed by atoms with van der Waals surface area (Å²) >= 11 is 0. The molecule has 2 unspecified atom stereocenters. The first-order chi connectivity index (χ1) is 33.4. The van der Waals surface area contributed by atoms with Gasteiger partial charge in [0.2, 0.25) is 41.4 Å². The number of fused-ring (bicyclic) bond motifs is 2. The molecule has 24 heteroatoms. The summed E-state index contributed by atoms with van der Waals surface area (Å²) in [6.07, 6.45) is -3.03. The van der Waals surface area contributed by atoms with Gasteiger partial charge in [-0.25, -0.2) is 4.79 Å². The summed E-state index contributed by atoms with van der Waals surface area (Å²) in [6.45, 7) is 9.57. The van der Waals surface area contributed by atoms with Gasteiger partial charge in [-0.05, 0) is 63.0 Å². The molecule has 2 fully saturated rings. The first kappa shape index (κ1) is 58.5. The van der Waals surface area contributed by atoms with Crippen LogP contribution in [-0.2, 0) is 47.9 Å². The minimum atomic E-state index is -1.91. The molecule has 2 bridgehead atoms. The number of nitrogens with zero attached hydrogens (tertiary/aromatic N) is 3. The van der Waals surface area contributed by atoms with Crippen LogP contribution in [0.4, 0.5) is 5.69 Å². The molecule has 7 amide bonds. The quantitative estimate of drug-likeness (QED) is 0.0202. The number of hydrogen-bond donors (Lipinski definition) is 10. The van der Waals surface area contributed by atoms with Gasteiger partial charge in [0.25, 0.3) is 0 Å². The Morgan fingerprint density at radius 3 is 2.20 bits per heavy atom. The minimum Gasteiger partial charge on any atom is -0.481 e. The van der Waals surface area contributed by atoms with Crippen LogP contribution < -0.4 is 43.8 Å². The Balaban J connectivity index is 2.26. The van der Waals surface area contributed by atoms with Crippen LogP contribution >= 0.6 is 0 Å². The fourth-order valence-corrected chi connectivity index (χ4v) is 8.24. The number of aliphatic hydroxyl groups is 1. The Labute approximate surface area is 413 Å². The average molecular weight is 1000 g/mol. The van der Waals surface area contributed by atoms with Gasteiger partial charge >= 0.3 is 11.9 Å². The monoisotopic (exact) mass is 1000 g/mol. The Morgan fingerprint density at radius 2 is 1.59 bits per heavy atom. The van der Waals surface area contributed by atoms with Gasteiger partial charge in [0.05, 0.1) is 6.42 Å². The standard InChI is InChI=1S/C47H73N11O13/c1-8-10-11-18-34(60)52-31(22-36(62)63)41(65)56-38-26(6)71-46(70)37(24(3)4)55-42(66)32(23-33(59)27-15-12-13-16-28(27)48)57(7)45(69)39(25(5)9-2)58-35(61)20-19-30(44(58)68)54-40(64)29(53-43(38)67)17-14-21-51-47(49)50/h12-13,15-16,24-26,29-32,35,37-39,61H,8-11,14,17-23,48H2,1-7H3,(H,52,60)(H,53,67)(H,54,64)(H,55,66)(H,56,65)(H,62,63)(H4,49,50,51)/t25?,26-,29+,30+,31+,32+,35-,37?,38+,39+/m1/s1. The molecule has 24 nitrogen and oxygen atoms in total. The lowest BCUT2D eigenvalue weighted by Gasteiger charge is -2.44. The summed E-state index contributed by atoms with van der Waals surface area (Å²) in [6, 6.07) is -5.17. The number of ether oxygens (including phenoxy) is 1. The number of carboxylic acids is 1. The van der Waals surface area contributed by atoms with Crippen LogP contribution in [0.3, 0.4) is 0 Å². The number of guanidine groups is 1. The lowest BCUT2D eigenvalue weighted by atomic mass is 9.91. The maximum absolute atomic E-state index is 14.9. The number of likely N-dealkylation sites (N-methyl/N-ethyl adjacent to an activating group) is 1. The molecule has 1 aromatic rings. The minimum absolute atomic E-state index is 0.0207. The van der Waals surface area contributed by atoms with Crippen molar-refractivity contribution in [1.29, 1.82) is 0 Å². The Bertz CT molecular complexity index is 2130. The summed E-state index contributed by atoms with van der Waals surface area (Å²) < 4.78 is 5.79. The van der Waals surface area contributed by atoms with Gasteiger partial charge in [-0.1, -0.05) is 66.0 Å². The molecule has 0 saturated carbocycles. The number of carbonyl (C=O) groups is 10. The molecule has 394 valence electrons. The van der Waals surface area contributed by atoms with Crippen LogP contribution in [0.25, 0.3) is 0 Å². The average Bonchev–Trinajstić information content (AvgIpc) is 3.30. The summed E-state index contributed by atoms with van der Waals surface area (Å²) in [5.74, 6) is -11.6. The van der Waals surface area contributed by atoms with Crippen LogP contribution in [0.1, 0.15) is 123 Å². The van der Waals surface area contributed by atoms with E-state index in [2.05, 4.69) is 31.6 Å². The van der Waals surface area contributed by atoms with Crippen molar-refractivity contribution >= 4 is 70.7 Å². The first-order valence-corrected chi connectivity index (χ1v) is 24.1. The fourth-order valence-electron chi connectivity index (χ4n) is 8.24. The molecule has 13 N–H and O–H groups in total. The lowest BCUT2D eigenvalue weighted by Crippen LogP contribution is -2.66. The second kappa shape index (κ2) is 27.5. The van der Waals surface area contributed by atoms with Crippen LogP contribution in [0.5, 0.6) is 0 Å². The van der Waals surface area contributed by atoms with E-state index in [1.54, 1.807) is 39.8 Å². The first-order valence-electron chi connectivity index (χ1n) is 24.1. The van der Waals surface area contributed by atoms with Crippen molar-refractivity contribution in [3.63, 3.8) is 0 Å². The third-order valence-electron chi connectivity index (χ3n) is 12.6. The number of nitrogens with two attached hydrogens (primary N) is 3. The van der Waals surface area contributed by atoms with E-state index in [1.165, 1.54) is 26.1 Å². The number of piperidine rings is 1. The molecule has 0 spiro atoms. The Kier molecular flexibility index (Phi) is 22.7. The van der Waals surface area contributed by atoms with Crippen molar-refractivity contribution in [2.75, 3.05) is 19.3 Å². The number of unbranched alkanes of at least 4 members (excludes halogenated alkanes) is 2. The number of rotatable bonds is 19. The van der Waals surface area contributed by atoms with Crippen LogP contribution in [0.2, 0.25) is 0 Å². The number of benzene rings is 1. The maximum Gasteiger partial charge on any atom is 0.329 e. The fraction of sp³-hybridized carbons (Fsp3) is 0.638. The van der Waals surface area contributed by atoms with E-state index in [1.807, 2.05) is 6.92 Å². The van der Waals surface area contributed by atoms with E-state index in [0.29, 0.717) is 12.8 Å². The van der Waals surface area contributed by atoms with Crippen molar-refractivity contribution < 1.29 is 62.9 Å². The topological polar surface area (TPSA) is 377 Å². The number of esters is 1. The van der Waals surface area contributed by atoms with E-state index in [0.717, 1.165) is 16.2 Å². The molecule has 2 saturated heterocycles. The van der Waals surface area contributed by atoms with Crippen molar-refractivity contribution in [2.24, 2.45) is 28.3 Å². The van der Waals surface area contributed by atoms with E-state index in [9.17, 15) is 58.2 Å². The highest BCUT2D eigenvalue weighted by Crippen LogP contribution is 2.28. The van der Waals surface area contributed by atoms with Gasteiger partial charge in [-0.2, -0.15) is 0 Å². The highest BCUT2D eigenvalue weighted by Gasteiger charge is 2.47. The van der Waals surface area contributed by atoms with Gasteiger partial charge in [-0.15, -0.1) is 0 Å². The highest BCUT2D eigenvalue weighted by molar-refractivity contribution is 6.05. The van der Waals surface area contributed by atoms with Crippen molar-refractivity contribution in [1.82, 2.24) is 36.4 Å². The molecule has 2 heterocycles. The SMILES string of the molecule is CCCCCC(=O)N[C@@H](CC(=O)O)C(=O)N[C@@H]1C(=O)N[C@@H](CCCN=C(N)N)C(=O)N[C@H]2CC[C@@H](O)N(C2=O)[C@@H](C(C)CC)C(=O)N(C)[C@@H](CC(=O)c2ccccc2N)C(=O)NC(C(C)C)C(=O)O[C@@H]1C. The third kappa shape index (κ3) is 16.6. The molecule has 0 aromatic heterocycles. The number of ketones is 1. The number of hydrogen-bond acceptors (Lipinski definition) is 14. The third-order valence-corrected chi connectivity index (χ3v) is 12.6. The number of nitrogen functional groups attached to an aromatic ring is 1. The molecule has 2 aliphatic rings. The second-order valence-electron chi connectivity index (χ2n) is 18.4. The largest absolute Gasteiger partial charge is 0.481 e. The molecule has 10 atom stereocenters.